The molecule has 2 saturated heterocycles. The topological polar surface area (TPSA) is 76.0 Å². The van der Waals surface area contributed by atoms with Gasteiger partial charge in [0.1, 0.15) is 24.1 Å². The summed E-state index contributed by atoms with van der Waals surface area (Å²) in [5, 5.41) is 21.2. The zero-order chi connectivity index (χ0) is 22.7. The van der Waals surface area contributed by atoms with Crippen molar-refractivity contribution in [3.05, 3.63) is 70.4 Å². The van der Waals surface area contributed by atoms with Crippen molar-refractivity contribution in [2.45, 2.75) is 50.8 Å². The Balaban J connectivity index is 1.39. The van der Waals surface area contributed by atoms with Crippen molar-refractivity contribution >= 4 is 17.1 Å². The molecule has 2 fully saturated rings. The second-order valence-corrected chi connectivity index (χ2v) is 10.2. The van der Waals surface area contributed by atoms with Gasteiger partial charge in [0.15, 0.2) is 5.78 Å². The van der Waals surface area contributed by atoms with Crippen molar-refractivity contribution in [3.8, 4) is 10.4 Å². The van der Waals surface area contributed by atoms with Crippen molar-refractivity contribution in [3.63, 3.8) is 0 Å². The molecule has 2 aromatic rings. The molecule has 0 radical (unpaired) electrons. The molecule has 32 heavy (non-hydrogen) atoms. The SMILES string of the molecule is C[C@H]1O[C@]2(OCC3=CC=C(Cc4ccc(-c5ccc(F)cc5)s4)CC32C)C(O)[C@@H](O)C1=O. The van der Waals surface area contributed by atoms with E-state index >= 15 is 0 Å². The first-order valence-corrected chi connectivity index (χ1v) is 11.5. The number of aliphatic hydroxyl groups is 2. The molecule has 2 unspecified atom stereocenters. The second kappa shape index (κ2) is 7.71. The van der Waals surface area contributed by atoms with Gasteiger partial charge in [0, 0.05) is 16.2 Å². The van der Waals surface area contributed by atoms with E-state index in [9.17, 15) is 19.4 Å². The number of ketones is 1. The maximum absolute atomic E-state index is 13.2. The molecule has 5 rings (SSSR count). The first kappa shape index (κ1) is 21.7. The summed E-state index contributed by atoms with van der Waals surface area (Å²) in [6.07, 6.45) is 1.51. The van der Waals surface area contributed by atoms with Gasteiger partial charge in [-0.3, -0.25) is 4.79 Å². The number of halogens is 1. The predicted molar refractivity (Wildman–Crippen MR) is 119 cm³/mol. The van der Waals surface area contributed by atoms with Crippen molar-refractivity contribution in [1.29, 1.82) is 0 Å². The molecular weight excluding hydrogens is 431 g/mol. The van der Waals surface area contributed by atoms with Crippen LogP contribution in [0, 0.1) is 11.2 Å². The number of fused-ring (bicyclic) bond motifs is 2. The molecule has 1 aliphatic carbocycles. The zero-order valence-corrected chi connectivity index (χ0v) is 18.7. The van der Waals surface area contributed by atoms with E-state index in [2.05, 4.69) is 12.1 Å². The Labute approximate surface area is 189 Å². The van der Waals surface area contributed by atoms with E-state index < -0.39 is 35.3 Å². The Morgan fingerprint density at radius 2 is 1.91 bits per heavy atom. The summed E-state index contributed by atoms with van der Waals surface area (Å²) in [5.74, 6) is -2.26. The molecular formula is C25H25FO5S. The fourth-order valence-corrected chi connectivity index (χ4v) is 6.15. The van der Waals surface area contributed by atoms with Crippen molar-refractivity contribution in [2.24, 2.45) is 5.41 Å². The zero-order valence-electron chi connectivity index (χ0n) is 17.9. The fraction of sp³-hybridized carbons (Fsp3) is 0.400. The van der Waals surface area contributed by atoms with E-state index in [1.807, 2.05) is 19.1 Å². The number of carbonyl (C=O) groups is 1. The van der Waals surface area contributed by atoms with Crippen LogP contribution in [0.15, 0.2) is 59.7 Å². The van der Waals surface area contributed by atoms with Gasteiger partial charge >= 0.3 is 0 Å². The number of allylic oxidation sites excluding steroid dienone is 3. The second-order valence-electron chi connectivity index (χ2n) is 8.98. The normalized spacial score (nSPS) is 34.4. The van der Waals surface area contributed by atoms with Crippen molar-refractivity contribution in [2.75, 3.05) is 6.61 Å². The number of aliphatic hydroxyl groups excluding tert-OH is 2. The van der Waals surface area contributed by atoms with E-state index in [1.165, 1.54) is 12.1 Å². The van der Waals surface area contributed by atoms with Gasteiger partial charge in [0.2, 0.25) is 5.79 Å². The quantitative estimate of drug-likeness (QED) is 0.735. The average Bonchev–Trinajstić information content (AvgIpc) is 3.34. The third-order valence-corrected chi connectivity index (χ3v) is 8.08. The number of hydrogen-bond donors (Lipinski definition) is 2. The van der Waals surface area contributed by atoms with E-state index in [1.54, 1.807) is 30.4 Å². The summed E-state index contributed by atoms with van der Waals surface area (Å²) in [5.41, 5.74) is 2.39. The summed E-state index contributed by atoms with van der Waals surface area (Å²) < 4.78 is 25.2. The van der Waals surface area contributed by atoms with Crippen LogP contribution in [0.5, 0.6) is 0 Å². The number of hydrogen-bond acceptors (Lipinski definition) is 6. The molecule has 0 saturated carbocycles. The lowest BCUT2D eigenvalue weighted by atomic mass is 9.66. The molecule has 1 aromatic heterocycles. The predicted octanol–water partition coefficient (Wildman–Crippen LogP) is 3.80. The largest absolute Gasteiger partial charge is 0.384 e. The number of Topliss-reactive ketones (excluding diaryl/α,β-unsaturated/α-hetero) is 1. The van der Waals surface area contributed by atoms with Gasteiger partial charge < -0.3 is 19.7 Å². The molecule has 0 amide bonds. The van der Waals surface area contributed by atoms with Crippen LogP contribution in [0.25, 0.3) is 10.4 Å². The molecule has 3 heterocycles. The van der Waals surface area contributed by atoms with E-state index in [0.717, 1.165) is 26.5 Å². The van der Waals surface area contributed by atoms with Crippen LogP contribution in [-0.2, 0) is 20.7 Å². The summed E-state index contributed by atoms with van der Waals surface area (Å²) >= 11 is 1.66. The van der Waals surface area contributed by atoms with Crippen LogP contribution in [0.4, 0.5) is 4.39 Å². The number of ether oxygens (including phenoxy) is 2. The van der Waals surface area contributed by atoms with Crippen molar-refractivity contribution < 1.29 is 28.9 Å². The Morgan fingerprint density at radius 1 is 1.16 bits per heavy atom. The minimum absolute atomic E-state index is 0.255. The van der Waals surface area contributed by atoms with Gasteiger partial charge in [-0.15, -0.1) is 11.3 Å². The highest BCUT2D eigenvalue weighted by Crippen LogP contribution is 2.57. The molecule has 1 aromatic carbocycles. The third-order valence-electron chi connectivity index (χ3n) is 6.94. The van der Waals surface area contributed by atoms with Crippen LogP contribution in [0.2, 0.25) is 0 Å². The van der Waals surface area contributed by atoms with Crippen LogP contribution >= 0.6 is 11.3 Å². The molecule has 1 spiro atoms. The maximum Gasteiger partial charge on any atom is 0.208 e. The molecule has 5 nitrogen and oxygen atoms in total. The average molecular weight is 457 g/mol. The van der Waals surface area contributed by atoms with E-state index in [4.69, 9.17) is 9.47 Å². The smallest absolute Gasteiger partial charge is 0.208 e. The van der Waals surface area contributed by atoms with E-state index in [-0.39, 0.29) is 12.4 Å². The minimum Gasteiger partial charge on any atom is -0.384 e. The number of rotatable bonds is 3. The Hall–Kier alpha value is -2.16. The highest BCUT2D eigenvalue weighted by atomic mass is 32.1. The molecule has 3 aliphatic rings. The third kappa shape index (κ3) is 3.23. The van der Waals surface area contributed by atoms with Crippen molar-refractivity contribution in [1.82, 2.24) is 0 Å². The highest BCUT2D eigenvalue weighted by Gasteiger charge is 2.67. The standard InChI is InChI=1S/C25H25FO5S/c1-14-21(27)22(28)23(29)25(31-14)24(2)12-15(3-6-17(24)13-30-25)11-19-9-10-20(32-19)16-4-7-18(26)8-5-16/h3-10,14,22-23,28-29H,11-13H2,1-2H3/t14-,22+,23?,24?,25-/m1/s1. The van der Waals surface area contributed by atoms with Gasteiger partial charge in [0.25, 0.3) is 0 Å². The van der Waals surface area contributed by atoms with Gasteiger partial charge in [-0.2, -0.15) is 0 Å². The van der Waals surface area contributed by atoms with Crippen LogP contribution in [0.1, 0.15) is 25.1 Å². The molecule has 2 N–H and O–H groups in total. The first-order valence-electron chi connectivity index (χ1n) is 10.7. The Bertz CT molecular complexity index is 1120. The fourth-order valence-electron chi connectivity index (χ4n) is 5.09. The molecule has 5 atom stereocenters. The number of benzene rings is 1. The van der Waals surface area contributed by atoms with Crippen LogP contribution in [-0.4, -0.2) is 46.7 Å². The maximum atomic E-state index is 13.2. The van der Waals surface area contributed by atoms with Gasteiger partial charge in [-0.05, 0) is 48.7 Å². The Morgan fingerprint density at radius 3 is 2.66 bits per heavy atom. The molecule has 2 aliphatic heterocycles. The number of thiophene rings is 1. The van der Waals surface area contributed by atoms with Gasteiger partial charge in [-0.25, -0.2) is 4.39 Å². The summed E-state index contributed by atoms with van der Waals surface area (Å²) in [6, 6.07) is 10.6. The summed E-state index contributed by atoms with van der Waals surface area (Å²) in [6.45, 7) is 3.82. The first-order chi connectivity index (χ1) is 15.2. The molecule has 0 bridgehead atoms. The Kier molecular flexibility index (Phi) is 5.22. The van der Waals surface area contributed by atoms with Crippen LogP contribution < -0.4 is 0 Å². The highest BCUT2D eigenvalue weighted by molar-refractivity contribution is 7.15. The number of carbonyl (C=O) groups excluding carboxylic acids is 1. The lowest BCUT2D eigenvalue weighted by Crippen LogP contribution is -2.67. The lowest BCUT2D eigenvalue weighted by molar-refractivity contribution is -0.336. The van der Waals surface area contributed by atoms with Gasteiger partial charge in [-0.1, -0.05) is 36.8 Å². The molecule has 168 valence electrons. The molecule has 7 heteroatoms. The van der Waals surface area contributed by atoms with E-state index in [0.29, 0.717) is 12.8 Å². The monoisotopic (exact) mass is 456 g/mol. The minimum atomic E-state index is -1.54. The van der Waals surface area contributed by atoms with Gasteiger partial charge in [0.05, 0.1) is 12.0 Å². The van der Waals surface area contributed by atoms with Crippen LogP contribution in [0.3, 0.4) is 0 Å². The lowest BCUT2D eigenvalue weighted by Gasteiger charge is -2.50. The summed E-state index contributed by atoms with van der Waals surface area (Å²) in [4.78, 5) is 14.4. The summed E-state index contributed by atoms with van der Waals surface area (Å²) in [7, 11) is 0.